The lowest BCUT2D eigenvalue weighted by molar-refractivity contribution is 0.318. The summed E-state index contributed by atoms with van der Waals surface area (Å²) in [6.45, 7) is 0. The third-order valence-corrected chi connectivity index (χ3v) is 3.63. The number of rotatable bonds is 3. The SMILES string of the molecule is N/C(=N/O)c1ccc(Oc2cccc(Cl)c2F)c(F)c1Br. The maximum absolute atomic E-state index is 14.2. The Morgan fingerprint density at radius 1 is 1.19 bits per heavy atom. The summed E-state index contributed by atoms with van der Waals surface area (Å²) in [6.07, 6.45) is 0. The van der Waals surface area contributed by atoms with E-state index in [9.17, 15) is 8.78 Å². The van der Waals surface area contributed by atoms with Crippen LogP contribution in [0.15, 0.2) is 40.0 Å². The molecule has 0 fully saturated rings. The lowest BCUT2D eigenvalue weighted by Crippen LogP contribution is -2.14. The standard InChI is InChI=1S/C13H8BrClF2N2O2/c14-10-6(13(18)19-20)4-5-9(12(10)17)21-8-3-1-2-7(15)11(8)16/h1-5,20H,(H2,18,19). The summed E-state index contributed by atoms with van der Waals surface area (Å²) >= 11 is 8.59. The summed E-state index contributed by atoms with van der Waals surface area (Å²) in [4.78, 5) is 0. The minimum atomic E-state index is -0.821. The molecule has 0 aliphatic rings. The fraction of sp³-hybridized carbons (Fsp3) is 0. The van der Waals surface area contributed by atoms with Crippen LogP contribution in [0, 0.1) is 11.6 Å². The van der Waals surface area contributed by atoms with Gasteiger partial charge in [-0.15, -0.1) is 0 Å². The van der Waals surface area contributed by atoms with Crippen LogP contribution in [-0.4, -0.2) is 11.0 Å². The van der Waals surface area contributed by atoms with Crippen LogP contribution >= 0.6 is 27.5 Å². The molecule has 8 heteroatoms. The molecule has 0 radical (unpaired) electrons. The minimum absolute atomic E-state index is 0.0715. The first kappa shape index (κ1) is 15.5. The van der Waals surface area contributed by atoms with E-state index in [1.165, 1.54) is 30.3 Å². The van der Waals surface area contributed by atoms with Gasteiger partial charge in [0.25, 0.3) is 0 Å². The summed E-state index contributed by atoms with van der Waals surface area (Å²) in [5.74, 6) is -2.35. The molecular formula is C13H8BrClF2N2O2. The van der Waals surface area contributed by atoms with Crippen molar-refractivity contribution < 1.29 is 18.7 Å². The van der Waals surface area contributed by atoms with Crippen LogP contribution in [0.3, 0.4) is 0 Å². The van der Waals surface area contributed by atoms with Crippen molar-refractivity contribution in [3.8, 4) is 11.5 Å². The average molecular weight is 378 g/mol. The van der Waals surface area contributed by atoms with Gasteiger partial charge in [-0.25, -0.2) is 8.78 Å². The molecule has 0 saturated carbocycles. The first-order valence-electron chi connectivity index (χ1n) is 5.53. The van der Waals surface area contributed by atoms with Gasteiger partial charge in [0.05, 0.1) is 9.50 Å². The lowest BCUT2D eigenvalue weighted by Gasteiger charge is -2.11. The van der Waals surface area contributed by atoms with E-state index in [0.717, 1.165) is 0 Å². The monoisotopic (exact) mass is 376 g/mol. The largest absolute Gasteiger partial charge is 0.451 e. The number of benzene rings is 2. The van der Waals surface area contributed by atoms with Crippen LogP contribution in [0.25, 0.3) is 0 Å². The van der Waals surface area contributed by atoms with Crippen LogP contribution in [0.5, 0.6) is 11.5 Å². The van der Waals surface area contributed by atoms with Crippen molar-refractivity contribution >= 4 is 33.4 Å². The average Bonchev–Trinajstić information content (AvgIpc) is 2.48. The number of ether oxygens (including phenoxy) is 1. The van der Waals surface area contributed by atoms with Crippen molar-refractivity contribution in [1.29, 1.82) is 0 Å². The molecule has 21 heavy (non-hydrogen) atoms. The number of oxime groups is 1. The van der Waals surface area contributed by atoms with Crippen molar-refractivity contribution in [2.24, 2.45) is 10.9 Å². The second-order valence-electron chi connectivity index (χ2n) is 3.88. The molecule has 4 nitrogen and oxygen atoms in total. The molecular weight excluding hydrogens is 370 g/mol. The molecule has 110 valence electrons. The Hall–Kier alpha value is -1.86. The van der Waals surface area contributed by atoms with Crippen molar-refractivity contribution in [3.63, 3.8) is 0 Å². The second-order valence-corrected chi connectivity index (χ2v) is 5.08. The van der Waals surface area contributed by atoms with Crippen LogP contribution in [0.1, 0.15) is 5.56 Å². The van der Waals surface area contributed by atoms with Gasteiger partial charge in [0.1, 0.15) is 0 Å². The maximum atomic E-state index is 14.2. The molecule has 3 N–H and O–H groups in total. The molecule has 0 spiro atoms. The van der Waals surface area contributed by atoms with Gasteiger partial charge in [-0.3, -0.25) is 0 Å². The summed E-state index contributed by atoms with van der Waals surface area (Å²) in [5.41, 5.74) is 5.53. The highest BCUT2D eigenvalue weighted by Crippen LogP contribution is 2.34. The maximum Gasteiger partial charge on any atom is 0.184 e. The Bertz CT molecular complexity index is 726. The van der Waals surface area contributed by atoms with Crippen LogP contribution in [0.2, 0.25) is 5.02 Å². The van der Waals surface area contributed by atoms with E-state index in [0.29, 0.717) is 0 Å². The minimum Gasteiger partial charge on any atom is -0.451 e. The molecule has 0 aliphatic heterocycles. The Kier molecular flexibility index (Phi) is 4.64. The van der Waals surface area contributed by atoms with Crippen LogP contribution in [-0.2, 0) is 0 Å². The Morgan fingerprint density at radius 2 is 1.86 bits per heavy atom. The smallest absolute Gasteiger partial charge is 0.184 e. The number of hydrogen-bond acceptors (Lipinski definition) is 3. The highest BCUT2D eigenvalue weighted by molar-refractivity contribution is 9.10. The van der Waals surface area contributed by atoms with Gasteiger partial charge in [-0.2, -0.15) is 0 Å². The zero-order valence-electron chi connectivity index (χ0n) is 10.3. The first-order valence-corrected chi connectivity index (χ1v) is 6.70. The Balaban J connectivity index is 2.43. The molecule has 2 rings (SSSR count). The molecule has 0 atom stereocenters. The lowest BCUT2D eigenvalue weighted by atomic mass is 10.2. The molecule has 2 aromatic rings. The number of amidine groups is 1. The fourth-order valence-electron chi connectivity index (χ4n) is 1.54. The molecule has 2 aromatic carbocycles. The number of nitrogens with zero attached hydrogens (tertiary/aromatic N) is 1. The highest BCUT2D eigenvalue weighted by atomic mass is 79.9. The van der Waals surface area contributed by atoms with E-state index < -0.39 is 11.6 Å². The topological polar surface area (TPSA) is 67.8 Å². The molecule has 0 amide bonds. The van der Waals surface area contributed by atoms with E-state index >= 15 is 0 Å². The summed E-state index contributed by atoms with van der Waals surface area (Å²) in [5, 5.41) is 11.2. The van der Waals surface area contributed by atoms with E-state index in [1.807, 2.05) is 0 Å². The number of nitrogens with two attached hydrogens (primary N) is 1. The van der Waals surface area contributed by atoms with Gasteiger partial charge in [0.2, 0.25) is 0 Å². The highest BCUT2D eigenvalue weighted by Gasteiger charge is 2.17. The molecule has 0 heterocycles. The van der Waals surface area contributed by atoms with Gasteiger partial charge in [-0.1, -0.05) is 22.8 Å². The summed E-state index contributed by atoms with van der Waals surface area (Å²) in [6, 6.07) is 6.72. The molecule has 0 bridgehead atoms. The fourth-order valence-corrected chi connectivity index (χ4v) is 2.24. The quantitative estimate of drug-likeness (QED) is 0.363. The van der Waals surface area contributed by atoms with Gasteiger partial charge in [0.15, 0.2) is 29.0 Å². The third-order valence-electron chi connectivity index (χ3n) is 2.57. The van der Waals surface area contributed by atoms with E-state index in [1.54, 1.807) is 0 Å². The van der Waals surface area contributed by atoms with Crippen molar-refractivity contribution in [2.45, 2.75) is 0 Å². The van der Waals surface area contributed by atoms with Crippen molar-refractivity contribution in [3.05, 3.63) is 57.0 Å². The van der Waals surface area contributed by atoms with Crippen molar-refractivity contribution in [1.82, 2.24) is 0 Å². The zero-order valence-corrected chi connectivity index (χ0v) is 12.6. The summed E-state index contributed by atoms with van der Waals surface area (Å²) < 4.78 is 33.0. The van der Waals surface area contributed by atoms with Crippen molar-refractivity contribution in [2.75, 3.05) is 0 Å². The van der Waals surface area contributed by atoms with Crippen LogP contribution < -0.4 is 10.5 Å². The first-order chi connectivity index (χ1) is 9.95. The van der Waals surface area contributed by atoms with E-state index in [4.69, 9.17) is 27.3 Å². The predicted molar refractivity (Wildman–Crippen MR) is 78.1 cm³/mol. The van der Waals surface area contributed by atoms with Gasteiger partial charge < -0.3 is 15.7 Å². The predicted octanol–water partition coefficient (Wildman–Crippen LogP) is 4.27. The van der Waals surface area contributed by atoms with Gasteiger partial charge in [-0.05, 0) is 40.2 Å². The molecule has 0 unspecified atom stereocenters. The molecule has 0 aliphatic carbocycles. The van der Waals surface area contributed by atoms with E-state index in [2.05, 4.69) is 21.1 Å². The molecule has 0 aromatic heterocycles. The Morgan fingerprint density at radius 3 is 2.52 bits per heavy atom. The Labute approximate surface area is 131 Å². The third kappa shape index (κ3) is 3.08. The van der Waals surface area contributed by atoms with Gasteiger partial charge in [0, 0.05) is 5.56 Å². The molecule has 0 saturated heterocycles. The summed E-state index contributed by atoms with van der Waals surface area (Å²) in [7, 11) is 0. The zero-order chi connectivity index (χ0) is 15.6. The van der Waals surface area contributed by atoms with Crippen LogP contribution in [0.4, 0.5) is 8.78 Å². The number of hydrogen-bond donors (Lipinski definition) is 2. The van der Waals surface area contributed by atoms with Gasteiger partial charge >= 0.3 is 0 Å². The van der Waals surface area contributed by atoms with E-state index in [-0.39, 0.29) is 32.4 Å². The normalized spacial score (nSPS) is 11.5. The second kappa shape index (κ2) is 6.28. The number of halogens is 4.